The number of guanidine groups is 1. The molecule has 26 heavy (non-hydrogen) atoms. The topological polar surface area (TPSA) is 64.1 Å². The van der Waals surface area contributed by atoms with E-state index in [1.807, 2.05) is 18.2 Å². The van der Waals surface area contributed by atoms with Crippen LogP contribution in [0.5, 0.6) is 11.5 Å². The molecule has 1 fully saturated rings. The number of benzene rings is 1. The van der Waals surface area contributed by atoms with Crippen molar-refractivity contribution in [2.24, 2.45) is 4.99 Å². The Morgan fingerprint density at radius 1 is 1.15 bits per heavy atom. The Bertz CT molecular complexity index is 586. The second-order valence-corrected chi connectivity index (χ2v) is 6.73. The van der Waals surface area contributed by atoms with E-state index in [9.17, 15) is 0 Å². The summed E-state index contributed by atoms with van der Waals surface area (Å²) in [6.45, 7) is 5.80. The van der Waals surface area contributed by atoms with Gasteiger partial charge in [-0.3, -0.25) is 4.99 Å². The molecular formula is C20H31N3O3. The van der Waals surface area contributed by atoms with Crippen molar-refractivity contribution in [1.29, 1.82) is 0 Å². The highest BCUT2D eigenvalue weighted by atomic mass is 16.5. The first-order valence-corrected chi connectivity index (χ1v) is 9.92. The third-order valence-corrected chi connectivity index (χ3v) is 4.58. The van der Waals surface area contributed by atoms with Gasteiger partial charge in [-0.05, 0) is 38.3 Å². The maximum absolute atomic E-state index is 5.90. The number of aliphatic imine (C=N–C) groups is 1. The third kappa shape index (κ3) is 5.80. The Morgan fingerprint density at radius 3 is 2.77 bits per heavy atom. The molecule has 0 amide bonds. The summed E-state index contributed by atoms with van der Waals surface area (Å²) in [6, 6.07) is 5.91. The Balaban J connectivity index is 1.49. The second-order valence-electron chi connectivity index (χ2n) is 6.73. The van der Waals surface area contributed by atoms with Crippen molar-refractivity contribution in [3.63, 3.8) is 0 Å². The summed E-state index contributed by atoms with van der Waals surface area (Å²) in [5, 5.41) is 6.63. The fraction of sp³-hybridized carbons (Fsp3) is 0.650. The summed E-state index contributed by atoms with van der Waals surface area (Å²) < 4.78 is 17.3. The molecule has 144 valence electrons. The molecule has 6 nitrogen and oxygen atoms in total. The lowest BCUT2D eigenvalue weighted by Gasteiger charge is -2.14. The van der Waals surface area contributed by atoms with Gasteiger partial charge in [0.05, 0.1) is 19.3 Å². The molecule has 1 heterocycles. The highest BCUT2D eigenvalue weighted by Crippen LogP contribution is 2.32. The standard InChI is InChI=1S/C20H31N3O3/c1-2-21-20(22-11-5-12-24-17-7-3-4-8-17)23-16-9-10-18-19(15-16)26-14-6-13-25-18/h9-10,15,17H,2-8,11-14H2,1H3,(H2,21,22,23). The second kappa shape index (κ2) is 10.3. The largest absolute Gasteiger partial charge is 0.490 e. The Morgan fingerprint density at radius 2 is 1.96 bits per heavy atom. The minimum atomic E-state index is 0.479. The molecule has 0 radical (unpaired) electrons. The van der Waals surface area contributed by atoms with E-state index in [1.54, 1.807) is 0 Å². The van der Waals surface area contributed by atoms with Crippen LogP contribution in [0.15, 0.2) is 23.2 Å². The highest BCUT2D eigenvalue weighted by molar-refractivity contribution is 5.93. The first kappa shape index (κ1) is 18.8. The highest BCUT2D eigenvalue weighted by Gasteiger charge is 2.14. The smallest absolute Gasteiger partial charge is 0.195 e. The minimum Gasteiger partial charge on any atom is -0.490 e. The van der Waals surface area contributed by atoms with Gasteiger partial charge in [-0.25, -0.2) is 0 Å². The SMILES string of the molecule is CCNC(=NCCCOC1CCCC1)Nc1ccc2c(c1)OCCCO2. The molecule has 0 atom stereocenters. The zero-order chi connectivity index (χ0) is 18.0. The summed E-state index contributed by atoms with van der Waals surface area (Å²) in [4.78, 5) is 4.65. The van der Waals surface area contributed by atoms with Crippen molar-refractivity contribution in [3.8, 4) is 11.5 Å². The van der Waals surface area contributed by atoms with Crippen LogP contribution in [0.2, 0.25) is 0 Å². The average Bonchev–Trinajstić information content (AvgIpc) is 3.05. The lowest BCUT2D eigenvalue weighted by Crippen LogP contribution is -2.30. The van der Waals surface area contributed by atoms with Gasteiger partial charge in [0.15, 0.2) is 17.5 Å². The van der Waals surface area contributed by atoms with Gasteiger partial charge >= 0.3 is 0 Å². The molecule has 0 saturated heterocycles. The van der Waals surface area contributed by atoms with Gasteiger partial charge in [0.25, 0.3) is 0 Å². The van der Waals surface area contributed by atoms with Gasteiger partial charge in [-0.2, -0.15) is 0 Å². The zero-order valence-electron chi connectivity index (χ0n) is 15.8. The normalized spacial score (nSPS) is 17.8. The molecule has 1 saturated carbocycles. The third-order valence-electron chi connectivity index (χ3n) is 4.58. The number of anilines is 1. The molecule has 0 bridgehead atoms. The van der Waals surface area contributed by atoms with E-state index in [1.165, 1.54) is 25.7 Å². The first-order chi connectivity index (χ1) is 12.8. The van der Waals surface area contributed by atoms with Gasteiger partial charge < -0.3 is 24.8 Å². The molecular weight excluding hydrogens is 330 g/mol. The maximum Gasteiger partial charge on any atom is 0.195 e. The van der Waals surface area contributed by atoms with Crippen LogP contribution in [0.3, 0.4) is 0 Å². The lowest BCUT2D eigenvalue weighted by atomic mass is 10.3. The van der Waals surface area contributed by atoms with Crippen molar-refractivity contribution in [2.75, 3.05) is 38.2 Å². The van der Waals surface area contributed by atoms with Crippen LogP contribution in [0.4, 0.5) is 5.69 Å². The Hall–Kier alpha value is -1.95. The minimum absolute atomic E-state index is 0.479. The molecule has 2 N–H and O–H groups in total. The van der Waals surface area contributed by atoms with Gasteiger partial charge in [-0.1, -0.05) is 12.8 Å². The molecule has 3 rings (SSSR count). The summed E-state index contributed by atoms with van der Waals surface area (Å²) >= 11 is 0. The molecule has 1 aromatic rings. The Kier molecular flexibility index (Phi) is 7.43. The summed E-state index contributed by atoms with van der Waals surface area (Å²) in [7, 11) is 0. The van der Waals surface area contributed by atoms with E-state index >= 15 is 0 Å². The molecule has 1 aliphatic carbocycles. The van der Waals surface area contributed by atoms with Gasteiger partial charge in [-0.15, -0.1) is 0 Å². The van der Waals surface area contributed by atoms with Crippen molar-refractivity contribution < 1.29 is 14.2 Å². The van der Waals surface area contributed by atoms with E-state index < -0.39 is 0 Å². The molecule has 0 aromatic heterocycles. The fourth-order valence-electron chi connectivity index (χ4n) is 3.25. The molecule has 0 unspecified atom stereocenters. The predicted octanol–water partition coefficient (Wildman–Crippen LogP) is 3.57. The van der Waals surface area contributed by atoms with Crippen molar-refractivity contribution in [3.05, 3.63) is 18.2 Å². The number of ether oxygens (including phenoxy) is 3. The number of nitrogens with zero attached hydrogens (tertiary/aromatic N) is 1. The summed E-state index contributed by atoms with van der Waals surface area (Å²) in [5.41, 5.74) is 0.941. The molecule has 1 aliphatic heterocycles. The van der Waals surface area contributed by atoms with Gasteiger partial charge in [0, 0.05) is 37.9 Å². The first-order valence-electron chi connectivity index (χ1n) is 9.92. The Labute approximate surface area is 156 Å². The van der Waals surface area contributed by atoms with E-state index in [-0.39, 0.29) is 0 Å². The molecule has 6 heteroatoms. The number of rotatable bonds is 7. The number of hydrogen-bond acceptors (Lipinski definition) is 4. The number of nitrogens with one attached hydrogen (secondary N) is 2. The number of fused-ring (bicyclic) bond motifs is 1. The lowest BCUT2D eigenvalue weighted by molar-refractivity contribution is 0.0579. The zero-order valence-corrected chi connectivity index (χ0v) is 15.8. The van der Waals surface area contributed by atoms with Crippen LogP contribution >= 0.6 is 0 Å². The van der Waals surface area contributed by atoms with Gasteiger partial charge in [0.1, 0.15) is 0 Å². The monoisotopic (exact) mass is 361 g/mol. The van der Waals surface area contributed by atoms with Gasteiger partial charge in [0.2, 0.25) is 0 Å². The predicted molar refractivity (Wildman–Crippen MR) is 104 cm³/mol. The van der Waals surface area contributed by atoms with Crippen molar-refractivity contribution in [2.45, 2.75) is 51.6 Å². The molecule has 1 aromatic carbocycles. The van der Waals surface area contributed by atoms with E-state index in [2.05, 4.69) is 22.5 Å². The summed E-state index contributed by atoms with van der Waals surface area (Å²) in [5.74, 6) is 2.37. The van der Waals surface area contributed by atoms with Crippen molar-refractivity contribution in [1.82, 2.24) is 5.32 Å². The quantitative estimate of drug-likeness (QED) is 0.442. The maximum atomic E-state index is 5.90. The van der Waals surface area contributed by atoms with Crippen LogP contribution in [0.25, 0.3) is 0 Å². The molecule has 0 spiro atoms. The van der Waals surface area contributed by atoms with Crippen LogP contribution in [0, 0.1) is 0 Å². The van der Waals surface area contributed by atoms with Crippen molar-refractivity contribution >= 4 is 11.6 Å². The molecule has 2 aliphatic rings. The van der Waals surface area contributed by atoms with Crippen LogP contribution < -0.4 is 20.1 Å². The van der Waals surface area contributed by atoms with E-state index in [0.717, 1.165) is 55.7 Å². The van der Waals surface area contributed by atoms with E-state index in [4.69, 9.17) is 14.2 Å². The summed E-state index contributed by atoms with van der Waals surface area (Å²) in [6.07, 6.45) is 7.39. The van der Waals surface area contributed by atoms with E-state index in [0.29, 0.717) is 19.3 Å². The average molecular weight is 361 g/mol. The fourth-order valence-corrected chi connectivity index (χ4v) is 3.25. The number of hydrogen-bond donors (Lipinski definition) is 2. The van der Waals surface area contributed by atoms with Crippen LogP contribution in [-0.4, -0.2) is 45.0 Å². The van der Waals surface area contributed by atoms with Crippen LogP contribution in [-0.2, 0) is 4.74 Å². The van der Waals surface area contributed by atoms with Crippen LogP contribution in [0.1, 0.15) is 45.4 Å².